The lowest BCUT2D eigenvalue weighted by Crippen LogP contribution is -2.05. The first kappa shape index (κ1) is 33.5. The molecule has 0 unspecified atom stereocenters. The van der Waals surface area contributed by atoms with Crippen LogP contribution in [-0.2, 0) is 9.47 Å². The topological polar surface area (TPSA) is 114 Å². The number of rotatable bonds is 12. The molecule has 0 fully saturated rings. The Morgan fingerprint density at radius 1 is 0.560 bits per heavy atom. The molecule has 0 radical (unpaired) electrons. The highest BCUT2D eigenvalue weighted by Gasteiger charge is 2.23. The van der Waals surface area contributed by atoms with Gasteiger partial charge in [-0.2, -0.15) is 0 Å². The number of ether oxygens (including phenoxy) is 4. The fourth-order valence-corrected chi connectivity index (χ4v) is 5.70. The Morgan fingerprint density at radius 3 is 1.28 bits per heavy atom. The first-order valence-corrected chi connectivity index (χ1v) is 16.0. The zero-order chi connectivity index (χ0) is 35.4. The van der Waals surface area contributed by atoms with Crippen molar-refractivity contribution in [3.63, 3.8) is 0 Å². The van der Waals surface area contributed by atoms with E-state index >= 15 is 0 Å². The molecule has 2 aromatic carbocycles. The molecule has 0 bridgehead atoms. The summed E-state index contributed by atoms with van der Waals surface area (Å²) < 4.78 is 24.4. The summed E-state index contributed by atoms with van der Waals surface area (Å²) >= 11 is 0. The first-order valence-electron chi connectivity index (χ1n) is 16.0. The molecule has 0 N–H and O–H groups in total. The van der Waals surface area contributed by atoms with Crippen LogP contribution in [0.5, 0.6) is 11.5 Å². The van der Waals surface area contributed by atoms with Crippen LogP contribution in [0.25, 0.3) is 23.2 Å². The molecular formula is C40H34N2O8. The number of methoxy groups -OCH3 is 2. The van der Waals surface area contributed by atoms with E-state index in [-0.39, 0.29) is 35.9 Å². The van der Waals surface area contributed by atoms with Gasteiger partial charge >= 0.3 is 11.9 Å². The average Bonchev–Trinajstić information content (AvgIpc) is 3.72. The molecule has 0 amide bonds. The summed E-state index contributed by atoms with van der Waals surface area (Å²) in [4.78, 5) is 53.0. The zero-order valence-corrected chi connectivity index (χ0v) is 28.0. The third-order valence-electron chi connectivity index (χ3n) is 8.22. The molecule has 0 aliphatic heterocycles. The number of fused-ring (bicyclic) bond motifs is 2. The van der Waals surface area contributed by atoms with Gasteiger partial charge in [0.1, 0.15) is 11.5 Å². The molecule has 4 aromatic heterocycles. The Morgan fingerprint density at radius 2 is 0.940 bits per heavy atom. The zero-order valence-electron chi connectivity index (χ0n) is 28.0. The van der Waals surface area contributed by atoms with Crippen LogP contribution in [-0.4, -0.2) is 59.7 Å². The van der Waals surface area contributed by atoms with Crippen LogP contribution >= 0.6 is 0 Å². The van der Waals surface area contributed by atoms with Gasteiger partial charge in [-0.1, -0.05) is 12.2 Å². The summed E-state index contributed by atoms with van der Waals surface area (Å²) in [6.07, 6.45) is 7.19. The number of hydrogen-bond acceptors (Lipinski definition) is 8. The second-order valence-electron chi connectivity index (χ2n) is 11.2. The van der Waals surface area contributed by atoms with Crippen LogP contribution in [0.2, 0.25) is 0 Å². The minimum atomic E-state index is -0.537. The molecule has 4 heterocycles. The first-order chi connectivity index (χ1) is 24.3. The molecule has 0 aliphatic carbocycles. The van der Waals surface area contributed by atoms with Gasteiger partial charge in [-0.25, -0.2) is 9.59 Å². The molecule has 10 heteroatoms. The smallest absolute Gasteiger partial charge is 0.340 e. The Bertz CT molecular complexity index is 2110. The van der Waals surface area contributed by atoms with Crippen LogP contribution in [0.15, 0.2) is 97.3 Å². The lowest BCUT2D eigenvalue weighted by atomic mass is 10.1. The fourth-order valence-electron chi connectivity index (χ4n) is 5.70. The molecule has 0 aliphatic rings. The highest BCUT2D eigenvalue weighted by atomic mass is 16.5. The van der Waals surface area contributed by atoms with Gasteiger partial charge in [0.25, 0.3) is 0 Å². The van der Waals surface area contributed by atoms with Gasteiger partial charge in [-0.05, 0) is 110 Å². The van der Waals surface area contributed by atoms with E-state index in [0.717, 1.165) is 11.1 Å². The van der Waals surface area contributed by atoms with Crippen LogP contribution in [0.1, 0.15) is 77.8 Å². The summed E-state index contributed by atoms with van der Waals surface area (Å²) in [6.45, 7) is 3.81. The SMILES string of the molecule is CCOC(=O)c1cc(C(=O)c2ccc(OC)cc2)n2ccc(/C=C/c3ccn4c(C(=O)c5ccc(OC)cc5)cc(C(=O)OCC)c4c3)cc12. The van der Waals surface area contributed by atoms with Crippen molar-refractivity contribution in [3.05, 3.63) is 142 Å². The molecule has 252 valence electrons. The van der Waals surface area contributed by atoms with E-state index in [2.05, 4.69) is 0 Å². The van der Waals surface area contributed by atoms with Crippen molar-refractivity contribution in [2.75, 3.05) is 27.4 Å². The van der Waals surface area contributed by atoms with Gasteiger partial charge in [0.2, 0.25) is 11.6 Å². The van der Waals surface area contributed by atoms with Gasteiger partial charge < -0.3 is 27.7 Å². The predicted octanol–water partition coefficient (Wildman–Crippen LogP) is 7.20. The molecule has 50 heavy (non-hydrogen) atoms. The largest absolute Gasteiger partial charge is 0.497 e. The summed E-state index contributed by atoms with van der Waals surface area (Å²) in [6, 6.07) is 23.9. The van der Waals surface area contributed by atoms with Gasteiger partial charge in [-0.3, -0.25) is 9.59 Å². The molecule has 10 nitrogen and oxygen atoms in total. The molecule has 6 rings (SSSR count). The van der Waals surface area contributed by atoms with E-state index in [9.17, 15) is 19.2 Å². The number of pyridine rings is 2. The Hall–Kier alpha value is -6.42. The van der Waals surface area contributed by atoms with Crippen molar-refractivity contribution in [2.24, 2.45) is 0 Å². The van der Waals surface area contributed by atoms with Crippen molar-refractivity contribution in [2.45, 2.75) is 13.8 Å². The minimum Gasteiger partial charge on any atom is -0.497 e. The van der Waals surface area contributed by atoms with E-state index in [1.807, 2.05) is 24.3 Å². The van der Waals surface area contributed by atoms with Crippen molar-refractivity contribution >= 4 is 46.7 Å². The summed E-state index contributed by atoms with van der Waals surface area (Å²) in [7, 11) is 3.11. The number of aromatic nitrogens is 2. The number of ketones is 2. The second kappa shape index (κ2) is 14.4. The van der Waals surface area contributed by atoms with Crippen molar-refractivity contribution in [1.29, 1.82) is 0 Å². The van der Waals surface area contributed by atoms with Gasteiger partial charge in [-0.15, -0.1) is 0 Å². The maximum atomic E-state index is 13.5. The van der Waals surface area contributed by atoms with E-state index in [1.54, 1.807) is 122 Å². The van der Waals surface area contributed by atoms with Crippen molar-refractivity contribution < 1.29 is 38.1 Å². The summed E-state index contributed by atoms with van der Waals surface area (Å²) in [5.74, 6) is -0.342. The second-order valence-corrected chi connectivity index (χ2v) is 11.2. The average molecular weight is 671 g/mol. The standard InChI is InChI=1S/C40H34N2O8/c1-5-49-39(45)31-23-35(37(43)27-9-13-29(47-3)14-10-27)41-19-17-25(21-33(31)41)7-8-26-18-20-42-34(22-26)32(40(46)50-6-2)24-36(42)38(44)28-11-15-30(48-4)16-12-28/h7-24H,5-6H2,1-4H3/b8-7+. The molecule has 0 saturated carbocycles. The van der Waals surface area contributed by atoms with Gasteiger partial charge in [0.05, 0.1) is 61.0 Å². The Kier molecular flexibility index (Phi) is 9.62. The number of carbonyl (C=O) groups excluding carboxylic acids is 4. The van der Waals surface area contributed by atoms with Crippen molar-refractivity contribution in [3.8, 4) is 11.5 Å². The molecule has 0 spiro atoms. The van der Waals surface area contributed by atoms with Crippen LogP contribution in [0, 0.1) is 0 Å². The predicted molar refractivity (Wildman–Crippen MR) is 188 cm³/mol. The van der Waals surface area contributed by atoms with Crippen LogP contribution in [0.3, 0.4) is 0 Å². The van der Waals surface area contributed by atoms with E-state index in [0.29, 0.717) is 45.0 Å². The van der Waals surface area contributed by atoms with Gasteiger partial charge in [0, 0.05) is 23.5 Å². The highest BCUT2D eigenvalue weighted by Crippen LogP contribution is 2.26. The number of benzene rings is 2. The highest BCUT2D eigenvalue weighted by molar-refractivity contribution is 6.12. The number of hydrogen-bond donors (Lipinski definition) is 0. The molecule has 6 aromatic rings. The van der Waals surface area contributed by atoms with E-state index in [4.69, 9.17) is 18.9 Å². The molecule has 0 saturated heterocycles. The maximum absolute atomic E-state index is 13.5. The van der Waals surface area contributed by atoms with E-state index in [1.165, 1.54) is 0 Å². The number of nitrogens with zero attached hydrogens (tertiary/aromatic N) is 2. The summed E-state index contributed by atoms with van der Waals surface area (Å²) in [5.41, 5.74) is 4.57. The van der Waals surface area contributed by atoms with E-state index < -0.39 is 11.9 Å². The number of carbonyl (C=O) groups is 4. The quantitative estimate of drug-likeness (QED) is 0.0993. The molecule has 0 atom stereocenters. The lowest BCUT2D eigenvalue weighted by Gasteiger charge is -2.06. The molecular weight excluding hydrogens is 636 g/mol. The lowest BCUT2D eigenvalue weighted by molar-refractivity contribution is 0.0519. The minimum absolute atomic E-state index is 0.181. The summed E-state index contributed by atoms with van der Waals surface area (Å²) in [5, 5.41) is 0. The monoisotopic (exact) mass is 670 g/mol. The van der Waals surface area contributed by atoms with Crippen LogP contribution < -0.4 is 9.47 Å². The Labute approximate surface area is 288 Å². The number of esters is 2. The third-order valence-corrected chi connectivity index (χ3v) is 8.22. The normalized spacial score (nSPS) is 11.2. The third kappa shape index (κ3) is 6.51. The van der Waals surface area contributed by atoms with Crippen molar-refractivity contribution in [1.82, 2.24) is 8.80 Å². The van der Waals surface area contributed by atoms with Gasteiger partial charge in [0.15, 0.2) is 0 Å². The fraction of sp³-hybridized carbons (Fsp3) is 0.150. The maximum Gasteiger partial charge on any atom is 0.340 e. The Balaban J connectivity index is 1.36. The van der Waals surface area contributed by atoms with Crippen LogP contribution in [0.4, 0.5) is 0 Å².